The monoisotopic (exact) mass is 679 g/mol. The van der Waals surface area contributed by atoms with Crippen molar-refractivity contribution in [2.45, 2.75) is 64.1 Å². The Morgan fingerprint density at radius 3 is 2.27 bits per heavy atom. The van der Waals surface area contributed by atoms with Crippen LogP contribution >= 0.6 is 45.8 Å². The van der Waals surface area contributed by atoms with Crippen molar-refractivity contribution in [2.75, 3.05) is 17.1 Å². The van der Waals surface area contributed by atoms with Gasteiger partial charge in [-0.3, -0.25) is 13.9 Å². The lowest BCUT2D eigenvalue weighted by atomic mass is 9.95. The number of hydrogen-bond donors (Lipinski definition) is 1. The van der Waals surface area contributed by atoms with E-state index in [9.17, 15) is 18.0 Å². The third-order valence-corrected chi connectivity index (χ3v) is 9.07. The van der Waals surface area contributed by atoms with Crippen molar-refractivity contribution in [1.29, 1.82) is 0 Å². The van der Waals surface area contributed by atoms with E-state index in [-0.39, 0.29) is 18.5 Å². The molecule has 37 heavy (non-hydrogen) atoms. The predicted molar refractivity (Wildman–Crippen MR) is 157 cm³/mol. The van der Waals surface area contributed by atoms with E-state index in [1.54, 1.807) is 42.5 Å². The van der Waals surface area contributed by atoms with Crippen LogP contribution in [0, 0.1) is 3.57 Å². The molecule has 2 amide bonds. The summed E-state index contributed by atoms with van der Waals surface area (Å²) in [4.78, 5) is 28.6. The van der Waals surface area contributed by atoms with Crippen LogP contribution in [0.1, 0.15) is 51.0 Å². The fraction of sp³-hybridized carbons (Fsp3) is 0.462. The van der Waals surface area contributed by atoms with Crippen molar-refractivity contribution in [1.82, 2.24) is 10.2 Å². The molecule has 1 aliphatic rings. The average molecular weight is 680 g/mol. The first-order valence-electron chi connectivity index (χ1n) is 12.3. The Morgan fingerprint density at radius 1 is 1.05 bits per heavy atom. The average Bonchev–Trinajstić information content (AvgIpc) is 2.85. The zero-order valence-electron chi connectivity index (χ0n) is 20.9. The number of nitrogens with one attached hydrogen (secondary N) is 1. The first kappa shape index (κ1) is 30.0. The maximum Gasteiger partial charge on any atom is 0.244 e. The third kappa shape index (κ3) is 8.46. The zero-order chi connectivity index (χ0) is 27.2. The Morgan fingerprint density at radius 2 is 1.70 bits per heavy atom. The molecule has 1 N–H and O–H groups in total. The summed E-state index contributed by atoms with van der Waals surface area (Å²) in [5, 5.41) is 3.84. The molecule has 2 aromatic rings. The number of halogens is 3. The lowest BCUT2D eigenvalue weighted by Crippen LogP contribution is -2.53. The van der Waals surface area contributed by atoms with Gasteiger partial charge in [0.25, 0.3) is 0 Å². The van der Waals surface area contributed by atoms with Gasteiger partial charge in [0.05, 0.1) is 22.0 Å². The van der Waals surface area contributed by atoms with Crippen molar-refractivity contribution < 1.29 is 18.0 Å². The highest BCUT2D eigenvalue weighted by molar-refractivity contribution is 14.1. The molecule has 7 nitrogen and oxygen atoms in total. The Balaban J connectivity index is 1.92. The minimum absolute atomic E-state index is 0.0800. The number of anilines is 1. The molecule has 0 spiro atoms. The van der Waals surface area contributed by atoms with Crippen LogP contribution < -0.4 is 9.62 Å². The van der Waals surface area contributed by atoms with Gasteiger partial charge < -0.3 is 10.2 Å². The Labute approximate surface area is 243 Å². The topological polar surface area (TPSA) is 86.8 Å². The SMILES string of the molecule is CCC(C(=O)NC1CCCCC1)N(Cc1ccc(Cl)c(Cl)c1)C(=O)CN(c1ccc(I)cc1)S(C)(=O)=O. The quantitative estimate of drug-likeness (QED) is 0.331. The molecule has 1 fully saturated rings. The normalized spacial score (nSPS) is 15.2. The van der Waals surface area contributed by atoms with Crippen LogP contribution in [-0.2, 0) is 26.2 Å². The standard InChI is InChI=1S/C26H32Cl2IN3O4S/c1-3-24(26(34)30-20-7-5-4-6-8-20)31(16-18-9-14-22(27)23(28)15-18)25(33)17-32(37(2,35)36)21-12-10-19(29)11-13-21/h9-15,20,24H,3-8,16-17H2,1-2H3,(H,30,34). The maximum absolute atomic E-state index is 13.8. The molecule has 1 saturated carbocycles. The summed E-state index contributed by atoms with van der Waals surface area (Å²) in [6, 6.07) is 11.2. The second kappa shape index (κ2) is 13.5. The van der Waals surface area contributed by atoms with Gasteiger partial charge in [0.1, 0.15) is 12.6 Å². The van der Waals surface area contributed by atoms with Gasteiger partial charge in [-0.1, -0.05) is 55.5 Å². The van der Waals surface area contributed by atoms with Gasteiger partial charge in [-0.2, -0.15) is 0 Å². The molecule has 0 bridgehead atoms. The summed E-state index contributed by atoms with van der Waals surface area (Å²) in [7, 11) is -3.78. The summed E-state index contributed by atoms with van der Waals surface area (Å²) in [5.41, 5.74) is 1.07. The van der Waals surface area contributed by atoms with Gasteiger partial charge in [0, 0.05) is 16.2 Å². The van der Waals surface area contributed by atoms with Crippen molar-refractivity contribution >= 4 is 73.3 Å². The first-order valence-corrected chi connectivity index (χ1v) is 15.9. The van der Waals surface area contributed by atoms with Crippen LogP contribution in [0.2, 0.25) is 10.0 Å². The number of hydrogen-bond acceptors (Lipinski definition) is 4. The largest absolute Gasteiger partial charge is 0.352 e. The molecule has 202 valence electrons. The number of carbonyl (C=O) groups excluding carboxylic acids is 2. The summed E-state index contributed by atoms with van der Waals surface area (Å²) in [6.07, 6.45) is 6.54. The van der Waals surface area contributed by atoms with Crippen molar-refractivity contribution in [3.05, 3.63) is 61.6 Å². The highest BCUT2D eigenvalue weighted by Crippen LogP contribution is 2.25. The molecule has 0 radical (unpaired) electrons. The first-order chi connectivity index (χ1) is 17.5. The van der Waals surface area contributed by atoms with Gasteiger partial charge >= 0.3 is 0 Å². The molecule has 11 heteroatoms. The van der Waals surface area contributed by atoms with Gasteiger partial charge in [0.15, 0.2) is 0 Å². The minimum Gasteiger partial charge on any atom is -0.352 e. The van der Waals surface area contributed by atoms with E-state index in [2.05, 4.69) is 27.9 Å². The van der Waals surface area contributed by atoms with Gasteiger partial charge in [0.2, 0.25) is 21.8 Å². The number of sulfonamides is 1. The maximum atomic E-state index is 13.8. The minimum atomic E-state index is -3.78. The van der Waals surface area contributed by atoms with E-state index in [0.717, 1.165) is 46.2 Å². The van der Waals surface area contributed by atoms with Crippen LogP contribution in [0.25, 0.3) is 0 Å². The van der Waals surface area contributed by atoms with Gasteiger partial charge in [-0.25, -0.2) is 8.42 Å². The van der Waals surface area contributed by atoms with E-state index in [1.807, 2.05) is 6.92 Å². The summed E-state index contributed by atoms with van der Waals surface area (Å²) in [5.74, 6) is -0.719. The zero-order valence-corrected chi connectivity index (χ0v) is 25.4. The number of amides is 2. The van der Waals surface area contributed by atoms with E-state index >= 15 is 0 Å². The summed E-state index contributed by atoms with van der Waals surface area (Å²) >= 11 is 14.4. The summed E-state index contributed by atoms with van der Waals surface area (Å²) in [6.45, 7) is 1.48. The van der Waals surface area contributed by atoms with Crippen LogP contribution in [0.5, 0.6) is 0 Å². The van der Waals surface area contributed by atoms with Crippen LogP contribution in [-0.4, -0.2) is 50.0 Å². The van der Waals surface area contributed by atoms with Crippen molar-refractivity contribution in [3.63, 3.8) is 0 Å². The Kier molecular flexibility index (Phi) is 10.9. The molecule has 0 saturated heterocycles. The molecule has 3 rings (SSSR count). The molecular formula is C26H32Cl2IN3O4S. The van der Waals surface area contributed by atoms with Gasteiger partial charge in [-0.05, 0) is 83.8 Å². The Bertz CT molecular complexity index is 1200. The van der Waals surface area contributed by atoms with E-state index in [0.29, 0.717) is 27.7 Å². The van der Waals surface area contributed by atoms with Crippen molar-refractivity contribution in [3.8, 4) is 0 Å². The molecule has 0 aromatic heterocycles. The predicted octanol–water partition coefficient (Wildman–Crippen LogP) is 5.62. The van der Waals surface area contributed by atoms with Crippen LogP contribution in [0.15, 0.2) is 42.5 Å². The summed E-state index contributed by atoms with van der Waals surface area (Å²) < 4.78 is 27.4. The van der Waals surface area contributed by atoms with E-state index in [1.165, 1.54) is 4.90 Å². The molecule has 1 atom stereocenters. The second-order valence-corrected chi connectivity index (χ2v) is 13.3. The van der Waals surface area contributed by atoms with Crippen molar-refractivity contribution in [2.24, 2.45) is 0 Å². The highest BCUT2D eigenvalue weighted by Gasteiger charge is 2.33. The molecule has 0 aliphatic heterocycles. The smallest absolute Gasteiger partial charge is 0.244 e. The van der Waals surface area contributed by atoms with E-state index in [4.69, 9.17) is 23.2 Å². The highest BCUT2D eigenvalue weighted by atomic mass is 127. The number of benzene rings is 2. The molecule has 0 heterocycles. The fourth-order valence-corrected chi connectivity index (χ4v) is 6.05. The number of nitrogens with zero attached hydrogens (tertiary/aromatic N) is 2. The molecule has 1 aliphatic carbocycles. The third-order valence-electron chi connectivity index (χ3n) is 6.47. The van der Waals surface area contributed by atoms with E-state index < -0.39 is 28.5 Å². The molecular weight excluding hydrogens is 648 g/mol. The number of carbonyl (C=O) groups is 2. The lowest BCUT2D eigenvalue weighted by molar-refractivity contribution is -0.140. The van der Waals surface area contributed by atoms with Gasteiger partial charge in [-0.15, -0.1) is 0 Å². The van der Waals surface area contributed by atoms with Crippen LogP contribution in [0.3, 0.4) is 0 Å². The molecule has 1 unspecified atom stereocenters. The lowest BCUT2D eigenvalue weighted by Gasteiger charge is -2.34. The second-order valence-electron chi connectivity index (χ2n) is 9.28. The fourth-order valence-electron chi connectivity index (χ4n) is 4.52. The Hall–Kier alpha value is -1.56. The van der Waals surface area contributed by atoms with Crippen LogP contribution in [0.4, 0.5) is 5.69 Å². The number of rotatable bonds is 10. The molecule has 2 aromatic carbocycles.